The van der Waals surface area contributed by atoms with E-state index in [0.717, 1.165) is 33.9 Å². The van der Waals surface area contributed by atoms with Crippen LogP contribution in [0.2, 0.25) is 0 Å². The van der Waals surface area contributed by atoms with Gasteiger partial charge in [0.2, 0.25) is 0 Å². The fourth-order valence-corrected chi connectivity index (χ4v) is 4.81. The first-order valence-corrected chi connectivity index (χ1v) is 9.86. The lowest BCUT2D eigenvalue weighted by Gasteiger charge is -2.44. The van der Waals surface area contributed by atoms with Crippen molar-refractivity contribution in [2.75, 3.05) is 30.4 Å². The summed E-state index contributed by atoms with van der Waals surface area (Å²) in [6.07, 6.45) is 0.714. The molecule has 2 aromatic rings. The second-order valence-electron chi connectivity index (χ2n) is 7.21. The highest BCUT2D eigenvalue weighted by Gasteiger charge is 2.47. The second-order valence-corrected chi connectivity index (χ2v) is 8.12. The minimum atomic E-state index is -0.690. The summed E-state index contributed by atoms with van der Waals surface area (Å²) in [5, 5.41) is 12.5. The van der Waals surface area contributed by atoms with E-state index in [2.05, 4.69) is 26.1 Å². The zero-order valence-corrected chi connectivity index (χ0v) is 16.8. The third-order valence-electron chi connectivity index (χ3n) is 5.74. The van der Waals surface area contributed by atoms with Gasteiger partial charge in [-0.25, -0.2) is 13.6 Å². The summed E-state index contributed by atoms with van der Waals surface area (Å²) < 4.78 is 28.3. The summed E-state index contributed by atoms with van der Waals surface area (Å²) in [6.45, 7) is 0.440. The van der Waals surface area contributed by atoms with Crippen molar-refractivity contribution in [3.63, 3.8) is 0 Å². The van der Waals surface area contributed by atoms with Gasteiger partial charge in [0.1, 0.15) is 11.6 Å². The number of nitrogens with zero attached hydrogens (tertiary/aromatic N) is 2. The fourth-order valence-electron chi connectivity index (χ4n) is 4.43. The molecule has 0 radical (unpaired) electrons. The van der Waals surface area contributed by atoms with Crippen LogP contribution in [-0.2, 0) is 0 Å². The average Bonchev–Trinajstić information content (AvgIpc) is 3.10. The molecule has 1 fully saturated rings. The summed E-state index contributed by atoms with van der Waals surface area (Å²) in [4.78, 5) is 16.6. The first kappa shape index (κ1) is 19.1. The molecule has 0 aromatic heterocycles. The number of fused-ring (bicyclic) bond motifs is 3. The van der Waals surface area contributed by atoms with Gasteiger partial charge in [-0.05, 0) is 42.3 Å². The van der Waals surface area contributed by atoms with Crippen LogP contribution < -0.4 is 10.2 Å². The van der Waals surface area contributed by atoms with Crippen LogP contribution in [0, 0.1) is 17.6 Å². The first-order valence-electron chi connectivity index (χ1n) is 9.06. The smallest absolute Gasteiger partial charge is 0.322 e. The van der Waals surface area contributed by atoms with Crippen LogP contribution in [0.5, 0.6) is 0 Å². The molecule has 0 saturated carbocycles. The molecule has 2 N–H and O–H groups in total. The fraction of sp³-hybridized carbons (Fsp3) is 0.350. The van der Waals surface area contributed by atoms with Gasteiger partial charge in [0, 0.05) is 35.7 Å². The Bertz CT molecular complexity index is 926. The molecule has 2 aliphatic rings. The van der Waals surface area contributed by atoms with E-state index >= 15 is 0 Å². The van der Waals surface area contributed by atoms with Crippen LogP contribution >= 0.6 is 15.9 Å². The molecule has 3 atom stereocenters. The average molecular weight is 452 g/mol. The zero-order chi connectivity index (χ0) is 20.0. The molecule has 4 rings (SSSR count). The third-order valence-corrected chi connectivity index (χ3v) is 6.24. The van der Waals surface area contributed by atoms with Crippen molar-refractivity contribution in [1.29, 1.82) is 0 Å². The maximum Gasteiger partial charge on any atom is 0.322 e. The number of urea groups is 1. The number of carbonyl (C=O) groups is 1. The van der Waals surface area contributed by atoms with Crippen molar-refractivity contribution in [3.8, 4) is 0 Å². The number of aliphatic hydroxyl groups is 1. The van der Waals surface area contributed by atoms with Crippen LogP contribution in [-0.4, -0.2) is 42.3 Å². The lowest BCUT2D eigenvalue weighted by Crippen LogP contribution is -2.48. The Morgan fingerprint density at radius 1 is 1.29 bits per heavy atom. The quantitative estimate of drug-likeness (QED) is 0.721. The Kier molecular flexibility index (Phi) is 5.01. The number of hydrogen-bond acceptors (Lipinski definition) is 3. The molecule has 0 aliphatic carbocycles. The largest absolute Gasteiger partial charge is 0.394 e. The number of anilines is 2. The SMILES string of the molecule is CN1c2ccc(Br)cc2[C@@H]2[C@@H](CCN2C(=O)Nc2cc(F)ccc2F)[C@H]1CO. The van der Waals surface area contributed by atoms with Crippen molar-refractivity contribution in [3.05, 3.63) is 58.1 Å². The summed E-state index contributed by atoms with van der Waals surface area (Å²) in [5.41, 5.74) is 1.73. The van der Waals surface area contributed by atoms with Gasteiger partial charge in [0.15, 0.2) is 0 Å². The van der Waals surface area contributed by atoms with Crippen LogP contribution in [0.3, 0.4) is 0 Å². The number of rotatable bonds is 2. The lowest BCUT2D eigenvalue weighted by atomic mass is 9.82. The van der Waals surface area contributed by atoms with Crippen molar-refractivity contribution in [1.82, 2.24) is 4.90 Å². The Labute approximate surface area is 170 Å². The monoisotopic (exact) mass is 451 g/mol. The van der Waals surface area contributed by atoms with E-state index in [9.17, 15) is 18.7 Å². The van der Waals surface area contributed by atoms with Crippen molar-refractivity contribution in [2.24, 2.45) is 5.92 Å². The molecule has 2 heterocycles. The maximum atomic E-state index is 14.0. The van der Waals surface area contributed by atoms with Gasteiger partial charge in [0.05, 0.1) is 24.4 Å². The number of halogens is 3. The Hall–Kier alpha value is -2.19. The van der Waals surface area contributed by atoms with Gasteiger partial charge >= 0.3 is 6.03 Å². The van der Waals surface area contributed by atoms with E-state index in [-0.39, 0.29) is 30.3 Å². The highest BCUT2D eigenvalue weighted by atomic mass is 79.9. The molecule has 1 saturated heterocycles. The molecule has 2 aromatic carbocycles. The minimum absolute atomic E-state index is 0.0266. The first-order chi connectivity index (χ1) is 13.4. The molecule has 0 spiro atoms. The topological polar surface area (TPSA) is 55.8 Å². The van der Waals surface area contributed by atoms with Gasteiger partial charge in [-0.1, -0.05) is 15.9 Å². The van der Waals surface area contributed by atoms with E-state index in [1.165, 1.54) is 0 Å². The zero-order valence-electron chi connectivity index (χ0n) is 15.2. The summed E-state index contributed by atoms with van der Waals surface area (Å²) >= 11 is 3.49. The highest BCUT2D eigenvalue weighted by Crippen LogP contribution is 2.49. The number of aliphatic hydroxyl groups excluding tert-OH is 1. The molecule has 0 unspecified atom stereocenters. The van der Waals surface area contributed by atoms with Crippen LogP contribution in [0.4, 0.5) is 25.0 Å². The van der Waals surface area contributed by atoms with Crippen LogP contribution in [0.15, 0.2) is 40.9 Å². The van der Waals surface area contributed by atoms with Crippen molar-refractivity contribution >= 4 is 33.3 Å². The molecule has 2 amide bonds. The molecule has 0 bridgehead atoms. The highest BCUT2D eigenvalue weighted by molar-refractivity contribution is 9.10. The number of hydrogen-bond donors (Lipinski definition) is 2. The number of nitrogens with one attached hydrogen (secondary N) is 1. The van der Waals surface area contributed by atoms with Crippen LogP contribution in [0.25, 0.3) is 0 Å². The number of benzene rings is 2. The lowest BCUT2D eigenvalue weighted by molar-refractivity contribution is 0.168. The van der Waals surface area contributed by atoms with Gasteiger partial charge in [0.25, 0.3) is 0 Å². The van der Waals surface area contributed by atoms with Gasteiger partial charge < -0.3 is 20.2 Å². The maximum absolute atomic E-state index is 14.0. The predicted molar refractivity (Wildman–Crippen MR) is 106 cm³/mol. The van der Waals surface area contributed by atoms with Gasteiger partial charge in [-0.3, -0.25) is 0 Å². The Morgan fingerprint density at radius 3 is 2.82 bits per heavy atom. The van der Waals surface area contributed by atoms with E-state index in [1.54, 1.807) is 4.90 Å². The minimum Gasteiger partial charge on any atom is -0.394 e. The summed E-state index contributed by atoms with van der Waals surface area (Å²) in [7, 11) is 1.94. The Morgan fingerprint density at radius 2 is 2.07 bits per heavy atom. The van der Waals surface area contributed by atoms with E-state index in [4.69, 9.17) is 0 Å². The van der Waals surface area contributed by atoms with Crippen LogP contribution in [0.1, 0.15) is 18.0 Å². The predicted octanol–water partition coefficient (Wildman–Crippen LogP) is 4.13. The van der Waals surface area contributed by atoms with E-state index < -0.39 is 17.7 Å². The molecule has 5 nitrogen and oxygen atoms in total. The third kappa shape index (κ3) is 3.14. The molecule has 8 heteroatoms. The normalized spacial score (nSPS) is 23.4. The van der Waals surface area contributed by atoms with Crippen molar-refractivity contribution in [2.45, 2.75) is 18.5 Å². The molecule has 28 heavy (non-hydrogen) atoms. The molecule has 2 aliphatic heterocycles. The molecular weight excluding hydrogens is 432 g/mol. The Balaban J connectivity index is 1.69. The number of amides is 2. The van der Waals surface area contributed by atoms with Gasteiger partial charge in [-0.2, -0.15) is 0 Å². The van der Waals surface area contributed by atoms with E-state index in [1.807, 2.05) is 25.2 Å². The standard InChI is InChI=1S/C20H20BrF2N3O2/c1-25-17-5-2-11(21)8-14(17)19-13(18(25)10-27)6-7-26(19)20(28)24-16-9-12(22)3-4-15(16)23/h2-5,8-9,13,18-19,27H,6-7,10H2,1H3,(H,24,28)/t13-,18+,19-/m0/s1. The molecular formula is C20H20BrF2N3O2. The summed E-state index contributed by atoms with van der Waals surface area (Å²) in [6, 6.07) is 7.96. The second kappa shape index (κ2) is 7.33. The number of carbonyl (C=O) groups excluding carboxylic acids is 1. The number of likely N-dealkylation sites (N-methyl/N-ethyl adjacent to an activating group) is 1. The van der Waals surface area contributed by atoms with E-state index in [0.29, 0.717) is 13.0 Å². The number of likely N-dealkylation sites (tertiary alicyclic amines) is 1. The molecule has 148 valence electrons. The van der Waals surface area contributed by atoms with Gasteiger partial charge in [-0.15, -0.1) is 0 Å². The van der Waals surface area contributed by atoms with Crippen molar-refractivity contribution < 1.29 is 18.7 Å². The summed E-state index contributed by atoms with van der Waals surface area (Å²) in [5.74, 6) is -1.27.